The summed E-state index contributed by atoms with van der Waals surface area (Å²) in [6.07, 6.45) is 11.1. The second-order valence-corrected chi connectivity index (χ2v) is 8.39. The predicted octanol–water partition coefficient (Wildman–Crippen LogP) is 3.49. The number of carbonyl (C=O) groups is 1. The monoisotopic (exact) mass is 427 g/mol. The van der Waals surface area contributed by atoms with Gasteiger partial charge in [-0.2, -0.15) is 5.10 Å². The summed E-state index contributed by atoms with van der Waals surface area (Å²) in [6, 6.07) is 7.51. The van der Waals surface area contributed by atoms with Gasteiger partial charge in [0.25, 0.3) is 5.91 Å². The maximum Gasteiger partial charge on any atom is 0.256 e. The Morgan fingerprint density at radius 2 is 1.81 bits per heavy atom. The Balaban J connectivity index is 1.36. The number of likely N-dealkylation sites (tertiary alicyclic amines) is 1. The molecule has 5 heterocycles. The van der Waals surface area contributed by atoms with Gasteiger partial charge in [0.1, 0.15) is 5.82 Å². The number of fused-ring (bicyclic) bond motifs is 1. The lowest BCUT2D eigenvalue weighted by atomic mass is 9.92. The SMILES string of the molecule is CN1CCC(c2cc(C(=O)Nc3cc4cc(-c5cnn(C)c5)ncc4cn3)ccn2)CC1. The summed E-state index contributed by atoms with van der Waals surface area (Å²) in [4.78, 5) is 28.7. The Hall–Kier alpha value is -3.65. The minimum Gasteiger partial charge on any atom is -0.307 e. The lowest BCUT2D eigenvalue weighted by molar-refractivity contribution is 0.102. The van der Waals surface area contributed by atoms with Crippen LogP contribution in [0.1, 0.15) is 34.8 Å². The first-order valence-corrected chi connectivity index (χ1v) is 10.8. The highest BCUT2D eigenvalue weighted by Gasteiger charge is 2.20. The van der Waals surface area contributed by atoms with Gasteiger partial charge in [-0.05, 0) is 62.6 Å². The summed E-state index contributed by atoms with van der Waals surface area (Å²) in [5.74, 6) is 0.717. The summed E-state index contributed by atoms with van der Waals surface area (Å²) in [5, 5.41) is 8.99. The van der Waals surface area contributed by atoms with Gasteiger partial charge in [-0.25, -0.2) is 4.98 Å². The van der Waals surface area contributed by atoms with E-state index in [9.17, 15) is 4.79 Å². The molecule has 4 aromatic rings. The van der Waals surface area contributed by atoms with Crippen molar-refractivity contribution in [2.24, 2.45) is 7.05 Å². The zero-order valence-corrected chi connectivity index (χ0v) is 18.2. The van der Waals surface area contributed by atoms with E-state index in [4.69, 9.17) is 0 Å². The molecule has 1 aliphatic heterocycles. The van der Waals surface area contributed by atoms with Crippen LogP contribution in [0.5, 0.6) is 0 Å². The first kappa shape index (κ1) is 20.3. The fourth-order valence-electron chi connectivity index (χ4n) is 4.12. The highest BCUT2D eigenvalue weighted by Crippen LogP contribution is 2.27. The van der Waals surface area contributed by atoms with Gasteiger partial charge in [-0.3, -0.25) is 19.4 Å². The number of amides is 1. The zero-order chi connectivity index (χ0) is 22.1. The molecule has 1 aliphatic rings. The van der Waals surface area contributed by atoms with Crippen LogP contribution in [0.15, 0.2) is 55.2 Å². The zero-order valence-electron chi connectivity index (χ0n) is 18.2. The van der Waals surface area contributed by atoms with E-state index in [0.29, 0.717) is 17.3 Å². The van der Waals surface area contributed by atoms with E-state index in [1.54, 1.807) is 35.5 Å². The molecule has 4 aromatic heterocycles. The van der Waals surface area contributed by atoms with E-state index >= 15 is 0 Å². The van der Waals surface area contributed by atoms with Crippen molar-refractivity contribution >= 4 is 22.5 Å². The predicted molar refractivity (Wildman–Crippen MR) is 123 cm³/mol. The van der Waals surface area contributed by atoms with Crippen LogP contribution >= 0.6 is 0 Å². The molecule has 5 rings (SSSR count). The van der Waals surface area contributed by atoms with E-state index in [1.807, 2.05) is 31.4 Å². The molecule has 1 amide bonds. The molecule has 0 atom stereocenters. The molecule has 1 saturated heterocycles. The van der Waals surface area contributed by atoms with Crippen molar-refractivity contribution in [2.75, 3.05) is 25.5 Å². The van der Waals surface area contributed by atoms with Crippen LogP contribution in [0.4, 0.5) is 5.82 Å². The van der Waals surface area contributed by atoms with Crippen molar-refractivity contribution in [3.63, 3.8) is 0 Å². The minimum absolute atomic E-state index is 0.185. The summed E-state index contributed by atoms with van der Waals surface area (Å²) >= 11 is 0. The fourth-order valence-corrected chi connectivity index (χ4v) is 4.12. The van der Waals surface area contributed by atoms with Crippen LogP contribution < -0.4 is 5.32 Å². The van der Waals surface area contributed by atoms with E-state index in [2.05, 4.69) is 37.3 Å². The lowest BCUT2D eigenvalue weighted by Crippen LogP contribution is -2.29. The van der Waals surface area contributed by atoms with Gasteiger partial charge in [-0.15, -0.1) is 0 Å². The highest BCUT2D eigenvalue weighted by atomic mass is 16.1. The largest absolute Gasteiger partial charge is 0.307 e. The number of hydrogen-bond acceptors (Lipinski definition) is 6. The van der Waals surface area contributed by atoms with Crippen molar-refractivity contribution in [3.8, 4) is 11.3 Å². The third-order valence-corrected chi connectivity index (χ3v) is 6.03. The molecule has 8 nitrogen and oxygen atoms in total. The highest BCUT2D eigenvalue weighted by molar-refractivity contribution is 6.04. The van der Waals surface area contributed by atoms with E-state index < -0.39 is 0 Å². The first-order valence-electron chi connectivity index (χ1n) is 10.8. The summed E-state index contributed by atoms with van der Waals surface area (Å²) in [6.45, 7) is 2.11. The Kier molecular flexibility index (Phi) is 5.36. The number of nitrogens with zero attached hydrogens (tertiary/aromatic N) is 6. The molecule has 8 heteroatoms. The van der Waals surface area contributed by atoms with Gasteiger partial charge >= 0.3 is 0 Å². The van der Waals surface area contributed by atoms with E-state index in [0.717, 1.165) is 53.7 Å². The van der Waals surface area contributed by atoms with Crippen LogP contribution in [0.3, 0.4) is 0 Å². The molecule has 0 aromatic carbocycles. The molecule has 0 bridgehead atoms. The second kappa shape index (κ2) is 8.47. The normalized spacial score (nSPS) is 15.2. The number of rotatable bonds is 4. The van der Waals surface area contributed by atoms with Gasteiger partial charge in [0.05, 0.1) is 11.9 Å². The first-order chi connectivity index (χ1) is 15.5. The van der Waals surface area contributed by atoms with Gasteiger partial charge in [0, 0.05) is 60.0 Å². The lowest BCUT2D eigenvalue weighted by Gasteiger charge is -2.28. The molecular weight excluding hydrogens is 402 g/mol. The van der Waals surface area contributed by atoms with Crippen LogP contribution in [0.2, 0.25) is 0 Å². The molecule has 162 valence electrons. The maximum atomic E-state index is 12.9. The van der Waals surface area contributed by atoms with Gasteiger partial charge < -0.3 is 10.2 Å². The van der Waals surface area contributed by atoms with E-state index in [1.165, 1.54) is 0 Å². The Morgan fingerprint density at radius 3 is 2.59 bits per heavy atom. The van der Waals surface area contributed by atoms with Crippen LogP contribution in [-0.2, 0) is 7.05 Å². The average molecular weight is 428 g/mol. The number of aromatic nitrogens is 5. The second-order valence-electron chi connectivity index (χ2n) is 8.39. The average Bonchev–Trinajstić information content (AvgIpc) is 3.25. The molecule has 0 spiro atoms. The maximum absolute atomic E-state index is 12.9. The number of nitrogens with one attached hydrogen (secondary N) is 1. The molecule has 0 saturated carbocycles. The van der Waals surface area contributed by atoms with Crippen molar-refractivity contribution in [1.29, 1.82) is 0 Å². The molecular formula is C24H25N7O. The number of anilines is 1. The number of carbonyl (C=O) groups excluding carboxylic acids is 1. The quantitative estimate of drug-likeness (QED) is 0.536. The van der Waals surface area contributed by atoms with Crippen LogP contribution in [0, 0.1) is 0 Å². The smallest absolute Gasteiger partial charge is 0.256 e. The van der Waals surface area contributed by atoms with Gasteiger partial charge in [-0.1, -0.05) is 0 Å². The Bertz CT molecular complexity index is 1270. The standard InChI is InChI=1S/C24H25N7O/c1-30-7-4-16(5-8-30)21-9-17(3-6-25-21)24(32)29-23-11-18-10-22(20-14-28-31(2)15-20)26-12-19(18)13-27-23/h3,6,9-16H,4-5,7-8H2,1-2H3,(H,27,29,32). The molecule has 0 radical (unpaired) electrons. The fraction of sp³-hybridized carbons (Fsp3) is 0.292. The van der Waals surface area contributed by atoms with E-state index in [-0.39, 0.29) is 5.91 Å². The van der Waals surface area contributed by atoms with Crippen molar-refractivity contribution in [2.45, 2.75) is 18.8 Å². The number of aryl methyl sites for hydroxylation is 1. The summed E-state index contributed by atoms with van der Waals surface area (Å²) in [7, 11) is 4.01. The van der Waals surface area contributed by atoms with Crippen LogP contribution in [-0.4, -0.2) is 55.7 Å². The van der Waals surface area contributed by atoms with Crippen molar-refractivity contribution < 1.29 is 4.79 Å². The number of piperidine rings is 1. The minimum atomic E-state index is -0.185. The van der Waals surface area contributed by atoms with Crippen molar-refractivity contribution in [3.05, 3.63) is 66.5 Å². The van der Waals surface area contributed by atoms with Crippen molar-refractivity contribution in [1.82, 2.24) is 29.6 Å². The van der Waals surface area contributed by atoms with Gasteiger partial charge in [0.15, 0.2) is 0 Å². The van der Waals surface area contributed by atoms with Crippen LogP contribution in [0.25, 0.3) is 22.0 Å². The molecule has 0 unspecified atom stereocenters. The number of hydrogen-bond donors (Lipinski definition) is 1. The number of pyridine rings is 3. The van der Waals surface area contributed by atoms with Gasteiger partial charge in [0.2, 0.25) is 0 Å². The Labute approximate surface area is 186 Å². The topological polar surface area (TPSA) is 88.8 Å². The third-order valence-electron chi connectivity index (χ3n) is 6.03. The molecule has 32 heavy (non-hydrogen) atoms. The summed E-state index contributed by atoms with van der Waals surface area (Å²) < 4.78 is 1.74. The summed E-state index contributed by atoms with van der Waals surface area (Å²) in [5.41, 5.74) is 3.35. The molecule has 1 fully saturated rings. The molecule has 1 N–H and O–H groups in total. The third kappa shape index (κ3) is 4.22. The Morgan fingerprint density at radius 1 is 1.00 bits per heavy atom. The molecule has 0 aliphatic carbocycles.